The van der Waals surface area contributed by atoms with E-state index >= 15 is 0 Å². The molecule has 0 amide bonds. The maximum atomic E-state index is 14.1. The highest BCUT2D eigenvalue weighted by Crippen LogP contribution is 2.30. The average Bonchev–Trinajstić information content (AvgIpc) is 3.71. The molecule has 224 valence electrons. The standard InChI is InChI=1S/C33H34N8O3/c1-20(2)30-34-31-28(32(42)41(22(4)44-5)33(43)40(31)21(3)24-11-7-6-8-12-24)39(30)19-23-15-17-25(18-16-23)26-13-9-10-14-27(26)29-35-37-38-36-29/h6-18,20-22H,19H2,1-5H3,(H,35,36,37,38). The van der Waals surface area contributed by atoms with Crippen LogP contribution in [0.5, 0.6) is 0 Å². The Labute approximate surface area is 253 Å². The van der Waals surface area contributed by atoms with Crippen molar-refractivity contribution in [3.05, 3.63) is 117 Å². The molecule has 0 bridgehead atoms. The minimum atomic E-state index is -0.765. The molecule has 6 aromatic rings. The Morgan fingerprint density at radius 1 is 0.841 bits per heavy atom. The van der Waals surface area contributed by atoms with E-state index < -0.39 is 17.5 Å². The first-order chi connectivity index (χ1) is 21.3. The molecule has 0 aliphatic heterocycles. The van der Waals surface area contributed by atoms with E-state index in [1.165, 1.54) is 11.7 Å². The monoisotopic (exact) mass is 590 g/mol. The van der Waals surface area contributed by atoms with Crippen molar-refractivity contribution in [3.63, 3.8) is 0 Å². The van der Waals surface area contributed by atoms with Gasteiger partial charge in [-0.1, -0.05) is 92.7 Å². The average molecular weight is 591 g/mol. The number of benzene rings is 3. The second-order valence-electron chi connectivity index (χ2n) is 11.1. The second kappa shape index (κ2) is 11.8. The third kappa shape index (κ3) is 5.05. The number of rotatable bonds is 9. The quantitative estimate of drug-likeness (QED) is 0.247. The van der Waals surface area contributed by atoms with Crippen LogP contribution < -0.4 is 11.2 Å². The van der Waals surface area contributed by atoms with Crippen molar-refractivity contribution in [2.45, 2.75) is 52.4 Å². The van der Waals surface area contributed by atoms with Gasteiger partial charge in [-0.3, -0.25) is 9.36 Å². The summed E-state index contributed by atoms with van der Waals surface area (Å²) in [6.45, 7) is 8.11. The molecule has 11 nitrogen and oxygen atoms in total. The lowest BCUT2D eigenvalue weighted by atomic mass is 9.98. The number of H-pyrrole nitrogens is 1. The lowest BCUT2D eigenvalue weighted by molar-refractivity contribution is 0.0528. The van der Waals surface area contributed by atoms with Crippen LogP contribution in [-0.2, 0) is 11.3 Å². The van der Waals surface area contributed by atoms with Gasteiger partial charge in [-0.25, -0.2) is 19.4 Å². The molecular formula is C33H34N8O3. The third-order valence-corrected chi connectivity index (χ3v) is 8.06. The molecule has 6 rings (SSSR count). The van der Waals surface area contributed by atoms with Gasteiger partial charge < -0.3 is 9.30 Å². The summed E-state index contributed by atoms with van der Waals surface area (Å²) in [6.07, 6.45) is -0.765. The summed E-state index contributed by atoms with van der Waals surface area (Å²) < 4.78 is 10.2. The van der Waals surface area contributed by atoms with Gasteiger partial charge in [0.1, 0.15) is 12.1 Å². The van der Waals surface area contributed by atoms with Gasteiger partial charge in [0.05, 0.1) is 6.04 Å². The summed E-state index contributed by atoms with van der Waals surface area (Å²) in [4.78, 5) is 33.0. The minimum Gasteiger partial charge on any atom is -0.361 e. The fourth-order valence-electron chi connectivity index (χ4n) is 5.69. The number of hydrogen-bond acceptors (Lipinski definition) is 7. The highest BCUT2D eigenvalue weighted by Gasteiger charge is 2.27. The zero-order chi connectivity index (χ0) is 31.0. The van der Waals surface area contributed by atoms with Crippen LogP contribution in [0.3, 0.4) is 0 Å². The number of fused-ring (bicyclic) bond motifs is 1. The van der Waals surface area contributed by atoms with E-state index in [0.717, 1.165) is 33.6 Å². The summed E-state index contributed by atoms with van der Waals surface area (Å²) in [6, 6.07) is 25.5. The molecule has 2 atom stereocenters. The van der Waals surface area contributed by atoms with E-state index in [1.807, 2.05) is 104 Å². The Kier molecular flexibility index (Phi) is 7.79. The Morgan fingerprint density at radius 3 is 2.16 bits per heavy atom. The predicted molar refractivity (Wildman–Crippen MR) is 168 cm³/mol. The maximum absolute atomic E-state index is 14.1. The van der Waals surface area contributed by atoms with Crippen molar-refractivity contribution >= 4 is 11.2 Å². The highest BCUT2D eigenvalue weighted by atomic mass is 16.5. The van der Waals surface area contributed by atoms with Crippen LogP contribution in [0.15, 0.2) is 88.5 Å². The molecule has 0 aliphatic carbocycles. The first-order valence-corrected chi connectivity index (χ1v) is 14.6. The van der Waals surface area contributed by atoms with Gasteiger partial charge in [0.2, 0.25) is 0 Å². The van der Waals surface area contributed by atoms with Crippen LogP contribution in [0.1, 0.15) is 62.8 Å². The number of methoxy groups -OCH3 is 1. The highest BCUT2D eigenvalue weighted by molar-refractivity contribution is 5.80. The summed E-state index contributed by atoms with van der Waals surface area (Å²) in [7, 11) is 1.49. The Bertz CT molecular complexity index is 2020. The molecule has 0 fully saturated rings. The molecule has 3 aromatic heterocycles. The summed E-state index contributed by atoms with van der Waals surface area (Å²) in [5.74, 6) is 1.31. The van der Waals surface area contributed by atoms with Crippen molar-refractivity contribution in [1.82, 2.24) is 39.3 Å². The maximum Gasteiger partial charge on any atom is 0.335 e. The van der Waals surface area contributed by atoms with E-state index in [2.05, 4.69) is 20.6 Å². The number of aromatic nitrogens is 8. The number of nitrogens with zero attached hydrogens (tertiary/aromatic N) is 7. The van der Waals surface area contributed by atoms with E-state index in [-0.39, 0.29) is 12.0 Å². The predicted octanol–water partition coefficient (Wildman–Crippen LogP) is 5.15. The van der Waals surface area contributed by atoms with Gasteiger partial charge in [-0.05, 0) is 46.5 Å². The van der Waals surface area contributed by atoms with Crippen LogP contribution in [0.25, 0.3) is 33.7 Å². The smallest absolute Gasteiger partial charge is 0.335 e. The largest absolute Gasteiger partial charge is 0.361 e. The van der Waals surface area contributed by atoms with Gasteiger partial charge in [-0.2, -0.15) is 0 Å². The fraction of sp³-hybridized carbons (Fsp3) is 0.273. The Morgan fingerprint density at radius 2 is 1.52 bits per heavy atom. The molecule has 0 radical (unpaired) electrons. The third-order valence-electron chi connectivity index (χ3n) is 8.06. The van der Waals surface area contributed by atoms with Crippen LogP contribution in [-0.4, -0.2) is 46.4 Å². The van der Waals surface area contributed by atoms with E-state index in [4.69, 9.17) is 9.72 Å². The second-order valence-corrected chi connectivity index (χ2v) is 11.1. The van der Waals surface area contributed by atoms with E-state index in [9.17, 15) is 9.59 Å². The lowest BCUT2D eigenvalue weighted by Gasteiger charge is -2.20. The number of aromatic amines is 1. The number of hydrogen-bond donors (Lipinski definition) is 1. The lowest BCUT2D eigenvalue weighted by Crippen LogP contribution is -2.43. The van der Waals surface area contributed by atoms with Gasteiger partial charge >= 0.3 is 5.69 Å². The van der Waals surface area contributed by atoms with Gasteiger partial charge in [0.25, 0.3) is 5.56 Å². The summed E-state index contributed by atoms with van der Waals surface area (Å²) in [5.41, 5.74) is 4.65. The van der Waals surface area contributed by atoms with Crippen molar-refractivity contribution < 1.29 is 4.74 Å². The summed E-state index contributed by atoms with van der Waals surface area (Å²) in [5, 5.41) is 14.4. The summed E-state index contributed by atoms with van der Waals surface area (Å²) >= 11 is 0. The van der Waals surface area contributed by atoms with Crippen LogP contribution in [0, 0.1) is 0 Å². The molecule has 11 heteroatoms. The van der Waals surface area contributed by atoms with Gasteiger partial charge in [-0.15, -0.1) is 5.10 Å². The SMILES string of the molecule is COC(C)n1c(=O)c2c(nc(C(C)C)n2Cc2ccc(-c3ccccc3-c3nnn[nH]3)cc2)n(C(C)c2ccccc2)c1=O. The van der Waals surface area contributed by atoms with Crippen LogP contribution in [0.4, 0.5) is 0 Å². The number of tetrazole rings is 1. The van der Waals surface area contributed by atoms with Crippen molar-refractivity contribution in [3.8, 4) is 22.5 Å². The zero-order valence-corrected chi connectivity index (χ0v) is 25.3. The fourth-order valence-corrected chi connectivity index (χ4v) is 5.69. The number of ether oxygens (including phenoxy) is 1. The molecule has 0 spiro atoms. The topological polar surface area (TPSA) is 126 Å². The van der Waals surface area contributed by atoms with E-state index in [1.54, 1.807) is 11.5 Å². The molecule has 0 aliphatic rings. The molecule has 3 heterocycles. The van der Waals surface area contributed by atoms with Gasteiger partial charge in [0, 0.05) is 25.1 Å². The first kappa shape index (κ1) is 28.9. The Hall–Kier alpha value is -5.16. The molecular weight excluding hydrogens is 556 g/mol. The zero-order valence-electron chi connectivity index (χ0n) is 25.3. The van der Waals surface area contributed by atoms with Crippen molar-refractivity contribution in [1.29, 1.82) is 0 Å². The van der Waals surface area contributed by atoms with E-state index in [0.29, 0.717) is 23.5 Å². The Balaban J connectivity index is 1.50. The molecule has 1 N–H and O–H groups in total. The molecule has 0 saturated heterocycles. The van der Waals surface area contributed by atoms with Crippen LogP contribution >= 0.6 is 0 Å². The van der Waals surface area contributed by atoms with Crippen molar-refractivity contribution in [2.75, 3.05) is 7.11 Å². The van der Waals surface area contributed by atoms with Crippen LogP contribution in [0.2, 0.25) is 0 Å². The number of nitrogens with one attached hydrogen (secondary N) is 1. The molecule has 2 unspecified atom stereocenters. The molecule has 3 aromatic carbocycles. The van der Waals surface area contributed by atoms with Gasteiger partial charge in [0.15, 0.2) is 17.0 Å². The molecule has 44 heavy (non-hydrogen) atoms. The minimum absolute atomic E-state index is 0.00709. The normalized spacial score (nSPS) is 13.0. The van der Waals surface area contributed by atoms with Crippen molar-refractivity contribution in [2.24, 2.45) is 0 Å². The molecule has 0 saturated carbocycles. The number of imidazole rings is 1. The first-order valence-electron chi connectivity index (χ1n) is 14.6.